The highest BCUT2D eigenvalue weighted by Gasteiger charge is 2.20. The van der Waals surface area contributed by atoms with E-state index in [-0.39, 0.29) is 11.9 Å². The number of rotatable bonds is 4. The second kappa shape index (κ2) is 7.72. The summed E-state index contributed by atoms with van der Waals surface area (Å²) in [6.07, 6.45) is 1.93. The van der Waals surface area contributed by atoms with E-state index in [1.54, 1.807) is 0 Å². The highest BCUT2D eigenvalue weighted by Crippen LogP contribution is 2.17. The molecule has 20 heavy (non-hydrogen) atoms. The third kappa shape index (κ3) is 3.61. The Balaban J connectivity index is 3.10. The molecular weight excluding hydrogens is 248 g/mol. The number of carbonyl (C=O) groups is 1. The van der Waals surface area contributed by atoms with Crippen LogP contribution in [0.4, 0.5) is 0 Å². The van der Waals surface area contributed by atoms with Gasteiger partial charge in [0, 0.05) is 24.2 Å². The number of benzene rings is 1. The zero-order valence-corrected chi connectivity index (χ0v) is 12.9. The maximum Gasteiger partial charge on any atom is 0.254 e. The molecule has 1 aromatic rings. The predicted molar refractivity (Wildman–Crippen MR) is 83.6 cm³/mol. The Morgan fingerprint density at radius 3 is 2.55 bits per heavy atom. The van der Waals surface area contributed by atoms with Gasteiger partial charge in [-0.15, -0.1) is 0 Å². The predicted octanol–water partition coefficient (Wildman–Crippen LogP) is 2.57. The number of hydrogen-bond donors (Lipinski definition) is 1. The number of amides is 1. The van der Waals surface area contributed by atoms with E-state index in [0.717, 1.165) is 29.5 Å². The molecule has 1 amide bonds. The maximum absolute atomic E-state index is 12.6. The van der Waals surface area contributed by atoms with Gasteiger partial charge in [0.2, 0.25) is 0 Å². The van der Waals surface area contributed by atoms with Gasteiger partial charge in [0.1, 0.15) is 0 Å². The maximum atomic E-state index is 12.6. The van der Waals surface area contributed by atoms with Crippen LogP contribution in [0.3, 0.4) is 0 Å². The summed E-state index contributed by atoms with van der Waals surface area (Å²) in [5.74, 6) is 5.92. The fourth-order valence-corrected chi connectivity index (χ4v) is 2.34. The van der Waals surface area contributed by atoms with Crippen molar-refractivity contribution in [1.82, 2.24) is 4.90 Å². The zero-order valence-electron chi connectivity index (χ0n) is 12.9. The van der Waals surface area contributed by atoms with Crippen molar-refractivity contribution in [2.24, 2.45) is 5.73 Å². The normalized spacial score (nSPS) is 10.1. The van der Waals surface area contributed by atoms with Gasteiger partial charge in [-0.2, -0.15) is 0 Å². The van der Waals surface area contributed by atoms with Gasteiger partial charge in [-0.05, 0) is 37.5 Å². The van der Waals surface area contributed by atoms with Gasteiger partial charge in [-0.3, -0.25) is 4.79 Å². The molecule has 0 fully saturated rings. The van der Waals surface area contributed by atoms with E-state index in [1.807, 2.05) is 37.1 Å². The van der Waals surface area contributed by atoms with E-state index in [1.165, 1.54) is 0 Å². The molecule has 108 valence electrons. The molecule has 1 aromatic carbocycles. The SMILES string of the molecule is CCC(CC)N(C)C(=O)c1cccc(C#CCN)c1C. The van der Waals surface area contributed by atoms with Crippen LogP contribution >= 0.6 is 0 Å². The lowest BCUT2D eigenvalue weighted by atomic mass is 10.0. The van der Waals surface area contributed by atoms with E-state index in [0.29, 0.717) is 6.54 Å². The molecule has 0 saturated heterocycles. The van der Waals surface area contributed by atoms with E-state index in [9.17, 15) is 4.79 Å². The summed E-state index contributed by atoms with van der Waals surface area (Å²) in [6, 6.07) is 5.94. The lowest BCUT2D eigenvalue weighted by Crippen LogP contribution is -2.36. The standard InChI is InChI=1S/C17H24N2O/c1-5-15(6-2)19(4)17(20)16-11-7-9-14(13(16)3)10-8-12-18/h7,9,11,15H,5-6,12,18H2,1-4H3. The van der Waals surface area contributed by atoms with Gasteiger partial charge in [-0.25, -0.2) is 0 Å². The Bertz CT molecular complexity index is 522. The van der Waals surface area contributed by atoms with Gasteiger partial charge in [0.15, 0.2) is 0 Å². The quantitative estimate of drug-likeness (QED) is 0.856. The molecule has 0 atom stereocenters. The number of carbonyl (C=O) groups excluding carboxylic acids is 1. The average molecular weight is 272 g/mol. The molecule has 0 aliphatic heterocycles. The van der Waals surface area contributed by atoms with E-state index in [2.05, 4.69) is 25.7 Å². The monoisotopic (exact) mass is 272 g/mol. The molecule has 0 heterocycles. The molecule has 2 N–H and O–H groups in total. The Labute approximate surface area is 122 Å². The first-order chi connectivity index (χ1) is 9.56. The van der Waals surface area contributed by atoms with Crippen LogP contribution in [-0.2, 0) is 0 Å². The molecule has 0 aromatic heterocycles. The summed E-state index contributed by atoms with van der Waals surface area (Å²) in [7, 11) is 1.87. The lowest BCUT2D eigenvalue weighted by molar-refractivity contribution is 0.0723. The lowest BCUT2D eigenvalue weighted by Gasteiger charge is -2.27. The van der Waals surface area contributed by atoms with E-state index >= 15 is 0 Å². The Kier molecular flexibility index (Phi) is 6.27. The molecule has 0 radical (unpaired) electrons. The molecule has 0 aliphatic carbocycles. The second-order valence-electron chi connectivity index (χ2n) is 4.87. The highest BCUT2D eigenvalue weighted by atomic mass is 16.2. The van der Waals surface area contributed by atoms with Crippen molar-refractivity contribution in [2.75, 3.05) is 13.6 Å². The van der Waals surface area contributed by atoms with Gasteiger partial charge in [0.25, 0.3) is 5.91 Å². The summed E-state index contributed by atoms with van der Waals surface area (Å²) in [5.41, 5.74) is 7.93. The Hall–Kier alpha value is -1.79. The van der Waals surface area contributed by atoms with Gasteiger partial charge >= 0.3 is 0 Å². The number of hydrogen-bond acceptors (Lipinski definition) is 2. The zero-order chi connectivity index (χ0) is 15.1. The summed E-state index contributed by atoms with van der Waals surface area (Å²) in [5, 5.41) is 0. The molecule has 0 aliphatic rings. The molecular formula is C17H24N2O. The van der Waals surface area contributed by atoms with Gasteiger partial charge in [-0.1, -0.05) is 31.8 Å². The van der Waals surface area contributed by atoms with Crippen molar-refractivity contribution in [3.8, 4) is 11.8 Å². The van der Waals surface area contributed by atoms with Crippen molar-refractivity contribution in [3.05, 3.63) is 34.9 Å². The largest absolute Gasteiger partial charge is 0.339 e. The molecule has 0 spiro atoms. The third-order valence-electron chi connectivity index (χ3n) is 3.70. The van der Waals surface area contributed by atoms with Crippen LogP contribution < -0.4 is 5.73 Å². The molecule has 0 saturated carbocycles. The molecule has 3 heteroatoms. The van der Waals surface area contributed by atoms with Crippen molar-refractivity contribution >= 4 is 5.91 Å². The smallest absolute Gasteiger partial charge is 0.254 e. The molecule has 3 nitrogen and oxygen atoms in total. The van der Waals surface area contributed by atoms with Crippen LogP contribution in [-0.4, -0.2) is 30.4 Å². The van der Waals surface area contributed by atoms with Crippen LogP contribution in [0.5, 0.6) is 0 Å². The first-order valence-electron chi connectivity index (χ1n) is 7.12. The highest BCUT2D eigenvalue weighted by molar-refractivity contribution is 5.96. The topological polar surface area (TPSA) is 46.3 Å². The van der Waals surface area contributed by atoms with E-state index in [4.69, 9.17) is 5.73 Å². The second-order valence-corrected chi connectivity index (χ2v) is 4.87. The summed E-state index contributed by atoms with van der Waals surface area (Å²) in [6.45, 7) is 6.47. The van der Waals surface area contributed by atoms with Crippen molar-refractivity contribution in [1.29, 1.82) is 0 Å². The Morgan fingerprint density at radius 1 is 1.35 bits per heavy atom. The average Bonchev–Trinajstić information content (AvgIpc) is 2.46. The third-order valence-corrected chi connectivity index (χ3v) is 3.70. The van der Waals surface area contributed by atoms with Gasteiger partial charge in [0.05, 0.1) is 6.54 Å². The van der Waals surface area contributed by atoms with Crippen molar-refractivity contribution < 1.29 is 4.79 Å². The Morgan fingerprint density at radius 2 is 2.00 bits per heavy atom. The summed E-state index contributed by atoms with van der Waals surface area (Å²) >= 11 is 0. The minimum absolute atomic E-state index is 0.0626. The summed E-state index contributed by atoms with van der Waals surface area (Å²) < 4.78 is 0. The van der Waals surface area contributed by atoms with Crippen LogP contribution in [0.2, 0.25) is 0 Å². The minimum Gasteiger partial charge on any atom is -0.339 e. The van der Waals surface area contributed by atoms with Crippen molar-refractivity contribution in [3.63, 3.8) is 0 Å². The molecule has 0 unspecified atom stereocenters. The van der Waals surface area contributed by atoms with Crippen LogP contribution in [0.25, 0.3) is 0 Å². The van der Waals surface area contributed by atoms with Crippen LogP contribution in [0.1, 0.15) is 48.2 Å². The molecule has 0 bridgehead atoms. The van der Waals surface area contributed by atoms with Crippen LogP contribution in [0, 0.1) is 18.8 Å². The first-order valence-corrected chi connectivity index (χ1v) is 7.12. The number of nitrogens with two attached hydrogens (primary N) is 1. The van der Waals surface area contributed by atoms with E-state index < -0.39 is 0 Å². The van der Waals surface area contributed by atoms with Crippen LogP contribution in [0.15, 0.2) is 18.2 Å². The fraction of sp³-hybridized carbons (Fsp3) is 0.471. The van der Waals surface area contributed by atoms with Gasteiger partial charge < -0.3 is 10.6 Å². The minimum atomic E-state index is 0.0626. The fourth-order valence-electron chi connectivity index (χ4n) is 2.34. The molecule has 1 rings (SSSR count). The first kappa shape index (κ1) is 16.3. The van der Waals surface area contributed by atoms with Crippen molar-refractivity contribution in [2.45, 2.75) is 39.7 Å². The number of nitrogens with zero attached hydrogens (tertiary/aromatic N) is 1. The summed E-state index contributed by atoms with van der Waals surface area (Å²) in [4.78, 5) is 14.4.